The maximum absolute atomic E-state index is 5.35. The van der Waals surface area contributed by atoms with Crippen molar-refractivity contribution >= 4 is 5.95 Å². The molecule has 0 bridgehead atoms. The quantitative estimate of drug-likeness (QED) is 0.701. The number of ether oxygens (including phenoxy) is 1. The molecule has 0 amide bonds. The Hall–Kier alpha value is -1.20. The van der Waals surface area contributed by atoms with Crippen LogP contribution in [-0.4, -0.2) is 43.3 Å². The highest BCUT2D eigenvalue weighted by Crippen LogP contribution is 2.10. The van der Waals surface area contributed by atoms with E-state index in [0.29, 0.717) is 12.5 Å². The van der Waals surface area contributed by atoms with Crippen LogP contribution in [0.2, 0.25) is 0 Å². The molecule has 114 valence electrons. The zero-order valence-corrected chi connectivity index (χ0v) is 13.4. The maximum atomic E-state index is 5.35. The van der Waals surface area contributed by atoms with Gasteiger partial charge >= 0.3 is 0 Å². The predicted molar refractivity (Wildman–Crippen MR) is 83.1 cm³/mol. The van der Waals surface area contributed by atoms with Crippen LogP contribution in [0, 0.1) is 12.8 Å². The summed E-state index contributed by atoms with van der Waals surface area (Å²) < 4.78 is 5.35. The lowest BCUT2D eigenvalue weighted by atomic mass is 10.2. The number of rotatable bonds is 9. The van der Waals surface area contributed by atoms with Crippen LogP contribution in [0.25, 0.3) is 0 Å². The molecule has 0 unspecified atom stereocenters. The summed E-state index contributed by atoms with van der Waals surface area (Å²) >= 11 is 0. The fourth-order valence-electron chi connectivity index (χ4n) is 1.78. The van der Waals surface area contributed by atoms with Gasteiger partial charge in [0.25, 0.3) is 0 Å². The molecule has 1 aromatic heterocycles. The number of aryl methyl sites for hydroxylation is 1. The lowest BCUT2D eigenvalue weighted by Gasteiger charge is -2.18. The highest BCUT2D eigenvalue weighted by atomic mass is 16.5. The molecule has 20 heavy (non-hydrogen) atoms. The van der Waals surface area contributed by atoms with Gasteiger partial charge in [0, 0.05) is 44.2 Å². The molecule has 5 nitrogen and oxygen atoms in total. The van der Waals surface area contributed by atoms with Crippen molar-refractivity contribution in [2.45, 2.75) is 34.2 Å². The minimum absolute atomic E-state index is 0.653. The summed E-state index contributed by atoms with van der Waals surface area (Å²) in [4.78, 5) is 11.0. The Kier molecular flexibility index (Phi) is 7.47. The van der Waals surface area contributed by atoms with E-state index in [1.165, 1.54) is 0 Å². The summed E-state index contributed by atoms with van der Waals surface area (Å²) in [7, 11) is 1.99. The zero-order chi connectivity index (χ0) is 15.0. The molecular formula is C15H28N4O. The molecule has 0 saturated carbocycles. The number of nitrogens with zero attached hydrogens (tertiary/aromatic N) is 3. The molecule has 1 rings (SSSR count). The Morgan fingerprint density at radius 2 is 2.15 bits per heavy atom. The molecule has 1 heterocycles. The van der Waals surface area contributed by atoms with Gasteiger partial charge in [0.1, 0.15) is 0 Å². The van der Waals surface area contributed by atoms with Gasteiger partial charge in [-0.25, -0.2) is 9.97 Å². The maximum Gasteiger partial charge on any atom is 0.225 e. The van der Waals surface area contributed by atoms with Crippen molar-refractivity contribution in [2.75, 3.05) is 38.3 Å². The average molecular weight is 280 g/mol. The van der Waals surface area contributed by atoms with Gasteiger partial charge in [-0.2, -0.15) is 0 Å². The number of aromatic nitrogens is 2. The molecule has 0 aliphatic carbocycles. The van der Waals surface area contributed by atoms with Crippen molar-refractivity contribution in [3.63, 3.8) is 0 Å². The van der Waals surface area contributed by atoms with Crippen LogP contribution >= 0.6 is 0 Å². The Morgan fingerprint density at radius 1 is 1.40 bits per heavy atom. The molecule has 0 spiro atoms. The largest absolute Gasteiger partial charge is 0.380 e. The molecule has 0 aromatic carbocycles. The van der Waals surface area contributed by atoms with Crippen molar-refractivity contribution in [3.05, 3.63) is 17.5 Å². The Bertz CT molecular complexity index is 395. The highest BCUT2D eigenvalue weighted by Gasteiger charge is 2.07. The van der Waals surface area contributed by atoms with Crippen LogP contribution < -0.4 is 10.2 Å². The van der Waals surface area contributed by atoms with Crippen LogP contribution in [0.15, 0.2) is 6.20 Å². The summed E-state index contributed by atoms with van der Waals surface area (Å²) in [6.45, 7) is 12.5. The van der Waals surface area contributed by atoms with Gasteiger partial charge in [-0.3, -0.25) is 0 Å². The van der Waals surface area contributed by atoms with Gasteiger partial charge < -0.3 is 15.0 Å². The lowest BCUT2D eigenvalue weighted by Crippen LogP contribution is -2.25. The highest BCUT2D eigenvalue weighted by molar-refractivity contribution is 5.31. The zero-order valence-electron chi connectivity index (χ0n) is 13.4. The van der Waals surface area contributed by atoms with E-state index in [0.717, 1.165) is 43.4 Å². The van der Waals surface area contributed by atoms with Crippen molar-refractivity contribution in [1.82, 2.24) is 15.3 Å². The van der Waals surface area contributed by atoms with E-state index in [4.69, 9.17) is 4.74 Å². The summed E-state index contributed by atoms with van der Waals surface area (Å²) in [6, 6.07) is 0. The van der Waals surface area contributed by atoms with Crippen LogP contribution in [0.3, 0.4) is 0 Å². The van der Waals surface area contributed by atoms with E-state index in [2.05, 4.69) is 29.1 Å². The molecule has 1 N–H and O–H groups in total. The van der Waals surface area contributed by atoms with Gasteiger partial charge in [0.2, 0.25) is 5.95 Å². The minimum atomic E-state index is 0.653. The molecule has 5 heteroatoms. The normalized spacial score (nSPS) is 11.1. The van der Waals surface area contributed by atoms with Gasteiger partial charge in [0.05, 0.1) is 6.61 Å². The predicted octanol–water partition coefficient (Wildman–Crippen LogP) is 2.00. The van der Waals surface area contributed by atoms with Crippen LogP contribution in [0.1, 0.15) is 32.0 Å². The third kappa shape index (κ3) is 5.84. The second-order valence-electron chi connectivity index (χ2n) is 5.42. The van der Waals surface area contributed by atoms with Crippen molar-refractivity contribution in [3.8, 4) is 0 Å². The summed E-state index contributed by atoms with van der Waals surface area (Å²) in [5, 5.41) is 3.42. The minimum Gasteiger partial charge on any atom is -0.380 e. The van der Waals surface area contributed by atoms with Crippen LogP contribution in [-0.2, 0) is 11.3 Å². The fourth-order valence-corrected chi connectivity index (χ4v) is 1.78. The number of nitrogens with one attached hydrogen (secondary N) is 1. The van der Waals surface area contributed by atoms with Crippen LogP contribution in [0.5, 0.6) is 0 Å². The molecule has 0 aliphatic rings. The molecule has 0 fully saturated rings. The van der Waals surface area contributed by atoms with E-state index < -0.39 is 0 Å². The third-order valence-electron chi connectivity index (χ3n) is 3.05. The van der Waals surface area contributed by atoms with Crippen molar-refractivity contribution in [2.24, 2.45) is 5.92 Å². The second-order valence-corrected chi connectivity index (χ2v) is 5.42. The summed E-state index contributed by atoms with van der Waals surface area (Å²) in [5.74, 6) is 1.41. The summed E-state index contributed by atoms with van der Waals surface area (Å²) in [6.07, 6.45) is 1.92. The average Bonchev–Trinajstić information content (AvgIpc) is 2.40. The van der Waals surface area contributed by atoms with Gasteiger partial charge in [-0.15, -0.1) is 0 Å². The fraction of sp³-hybridized carbons (Fsp3) is 0.733. The van der Waals surface area contributed by atoms with Crippen LogP contribution in [0.4, 0.5) is 5.95 Å². The van der Waals surface area contributed by atoms with E-state index >= 15 is 0 Å². The molecule has 0 atom stereocenters. The Labute approximate surface area is 122 Å². The van der Waals surface area contributed by atoms with Crippen molar-refractivity contribution in [1.29, 1.82) is 0 Å². The molecule has 0 saturated heterocycles. The van der Waals surface area contributed by atoms with E-state index in [1.807, 2.05) is 32.0 Å². The van der Waals surface area contributed by atoms with E-state index in [9.17, 15) is 0 Å². The first kappa shape index (κ1) is 16.9. The topological polar surface area (TPSA) is 50.3 Å². The van der Waals surface area contributed by atoms with Gasteiger partial charge in [0.15, 0.2) is 0 Å². The SMILES string of the molecule is CCOCCN(C)c1ncc(CNCC(C)C)c(C)n1. The van der Waals surface area contributed by atoms with Gasteiger partial charge in [-0.1, -0.05) is 13.8 Å². The first-order valence-corrected chi connectivity index (χ1v) is 7.36. The Balaban J connectivity index is 2.53. The third-order valence-corrected chi connectivity index (χ3v) is 3.05. The number of hydrogen-bond acceptors (Lipinski definition) is 5. The molecule has 0 radical (unpaired) electrons. The first-order valence-electron chi connectivity index (χ1n) is 7.36. The lowest BCUT2D eigenvalue weighted by molar-refractivity contribution is 0.154. The standard InChI is InChI=1S/C15H28N4O/c1-6-20-8-7-19(5)15-17-11-14(13(4)18-15)10-16-9-12(2)3/h11-12,16H,6-10H2,1-5H3. The smallest absolute Gasteiger partial charge is 0.225 e. The number of likely N-dealkylation sites (N-methyl/N-ethyl adjacent to an activating group) is 1. The summed E-state index contributed by atoms with van der Waals surface area (Å²) in [5.41, 5.74) is 2.20. The number of hydrogen-bond donors (Lipinski definition) is 1. The Morgan fingerprint density at radius 3 is 2.75 bits per heavy atom. The molecular weight excluding hydrogens is 252 g/mol. The van der Waals surface area contributed by atoms with Crippen molar-refractivity contribution < 1.29 is 4.74 Å². The van der Waals surface area contributed by atoms with E-state index in [-0.39, 0.29) is 0 Å². The first-order chi connectivity index (χ1) is 9.54. The second kappa shape index (κ2) is 8.87. The molecule has 0 aliphatic heterocycles. The monoisotopic (exact) mass is 280 g/mol. The van der Waals surface area contributed by atoms with Gasteiger partial charge in [-0.05, 0) is 26.3 Å². The molecule has 1 aromatic rings. The van der Waals surface area contributed by atoms with E-state index in [1.54, 1.807) is 0 Å². The number of anilines is 1.